The normalized spacial score (nSPS) is 12.2. The molecule has 33 heavy (non-hydrogen) atoms. The molecule has 1 rings (SSSR count). The van der Waals surface area contributed by atoms with Crippen LogP contribution in [0.2, 0.25) is 0 Å². The molecule has 12 nitrogen and oxygen atoms in total. The number of alkyl carbamates (subject to hydrolysis) is 1. The maximum atomic E-state index is 12.3. The summed E-state index contributed by atoms with van der Waals surface area (Å²) in [4.78, 5) is 58.3. The molecule has 2 unspecified atom stereocenters. The van der Waals surface area contributed by atoms with Crippen LogP contribution in [-0.2, 0) is 25.7 Å². The van der Waals surface area contributed by atoms with Crippen molar-refractivity contribution in [3.63, 3.8) is 0 Å². The number of carbonyl (C=O) groups excluding carboxylic acids is 2. The summed E-state index contributed by atoms with van der Waals surface area (Å²) in [6.07, 6.45) is -0.568. The van der Waals surface area contributed by atoms with Crippen molar-refractivity contribution in [1.29, 1.82) is 0 Å². The number of likely N-dealkylation sites (N-methyl/N-ethyl adjacent to an activating group) is 1. The van der Waals surface area contributed by atoms with E-state index in [1.165, 1.54) is 7.05 Å². The lowest BCUT2D eigenvalue weighted by atomic mass is 10.1. The summed E-state index contributed by atoms with van der Waals surface area (Å²) in [5.41, 5.74) is 0.839. The first-order valence-electron chi connectivity index (χ1n) is 10.3. The number of carboxylic acid groups (broad SMARTS) is 3. The van der Waals surface area contributed by atoms with Gasteiger partial charge in [0.2, 0.25) is 0 Å². The fourth-order valence-corrected chi connectivity index (χ4v) is 2.83. The largest absolute Gasteiger partial charge is 0.481 e. The van der Waals surface area contributed by atoms with Crippen LogP contribution in [-0.4, -0.2) is 75.9 Å². The van der Waals surface area contributed by atoms with Crippen LogP contribution >= 0.6 is 0 Å². The van der Waals surface area contributed by atoms with Crippen molar-refractivity contribution in [3.05, 3.63) is 35.9 Å². The van der Waals surface area contributed by atoms with Gasteiger partial charge in [-0.3, -0.25) is 4.79 Å². The number of unbranched alkanes of at least 4 members (excludes halogenated alkanes) is 1. The number of nitrogens with zero attached hydrogens (tertiary/aromatic N) is 1. The summed E-state index contributed by atoms with van der Waals surface area (Å²) in [6.45, 7) is 0.365. The highest BCUT2D eigenvalue weighted by Crippen LogP contribution is 2.09. The van der Waals surface area contributed by atoms with E-state index in [-0.39, 0.29) is 26.0 Å². The first kappa shape index (κ1) is 27.2. The van der Waals surface area contributed by atoms with Crippen molar-refractivity contribution < 1.29 is 44.0 Å². The first-order chi connectivity index (χ1) is 15.6. The highest BCUT2D eigenvalue weighted by Gasteiger charge is 2.29. The Balaban J connectivity index is 2.41. The molecular formula is C21H29N3O9. The third-order valence-corrected chi connectivity index (χ3v) is 4.70. The van der Waals surface area contributed by atoms with E-state index in [1.807, 2.05) is 30.3 Å². The Hall–Kier alpha value is -3.83. The van der Waals surface area contributed by atoms with Crippen molar-refractivity contribution in [2.75, 3.05) is 13.6 Å². The SMILES string of the molecule is CN(C(=O)NC(CCC(=O)O)C(=O)O)C(CCCCNC(=O)OCc1ccccc1)C(=O)O. The van der Waals surface area contributed by atoms with Gasteiger partial charge >= 0.3 is 30.0 Å². The van der Waals surface area contributed by atoms with Gasteiger partial charge < -0.3 is 35.6 Å². The summed E-state index contributed by atoms with van der Waals surface area (Å²) < 4.78 is 5.06. The predicted octanol–water partition coefficient (Wildman–Crippen LogP) is 1.50. The van der Waals surface area contributed by atoms with Gasteiger partial charge in [0.25, 0.3) is 0 Å². The van der Waals surface area contributed by atoms with Crippen LogP contribution in [0.25, 0.3) is 0 Å². The number of carbonyl (C=O) groups is 5. The van der Waals surface area contributed by atoms with Gasteiger partial charge in [0.1, 0.15) is 18.7 Å². The van der Waals surface area contributed by atoms with E-state index in [0.29, 0.717) is 12.8 Å². The zero-order chi connectivity index (χ0) is 24.8. The van der Waals surface area contributed by atoms with Crippen LogP contribution in [0.4, 0.5) is 9.59 Å². The summed E-state index contributed by atoms with van der Waals surface area (Å²) in [7, 11) is 1.21. The van der Waals surface area contributed by atoms with Gasteiger partial charge in [-0.1, -0.05) is 30.3 Å². The minimum Gasteiger partial charge on any atom is -0.481 e. The Morgan fingerprint density at radius 2 is 1.64 bits per heavy atom. The van der Waals surface area contributed by atoms with Crippen molar-refractivity contribution in [2.45, 2.75) is 50.8 Å². The van der Waals surface area contributed by atoms with Crippen molar-refractivity contribution in [2.24, 2.45) is 0 Å². The highest BCUT2D eigenvalue weighted by molar-refractivity contribution is 5.86. The number of hydrogen-bond donors (Lipinski definition) is 5. The van der Waals surface area contributed by atoms with E-state index < -0.39 is 48.5 Å². The highest BCUT2D eigenvalue weighted by atomic mass is 16.5. The maximum Gasteiger partial charge on any atom is 0.407 e. The average Bonchev–Trinajstić information content (AvgIpc) is 2.77. The summed E-state index contributed by atoms with van der Waals surface area (Å²) >= 11 is 0. The molecule has 0 aromatic heterocycles. The molecule has 2 atom stereocenters. The molecule has 1 aromatic carbocycles. The topological polar surface area (TPSA) is 183 Å². The zero-order valence-electron chi connectivity index (χ0n) is 18.2. The Labute approximate surface area is 190 Å². The molecule has 0 heterocycles. The summed E-state index contributed by atoms with van der Waals surface area (Å²) in [6, 6.07) is 5.49. The van der Waals surface area contributed by atoms with Crippen molar-refractivity contribution in [3.8, 4) is 0 Å². The third-order valence-electron chi connectivity index (χ3n) is 4.70. The molecule has 1 aromatic rings. The summed E-state index contributed by atoms with van der Waals surface area (Å²) in [5, 5.41) is 31.9. The van der Waals surface area contributed by atoms with Crippen LogP contribution in [0, 0.1) is 0 Å². The summed E-state index contributed by atoms with van der Waals surface area (Å²) in [5.74, 6) is -3.92. The number of amides is 3. The predicted molar refractivity (Wildman–Crippen MR) is 114 cm³/mol. The number of hydrogen-bond acceptors (Lipinski definition) is 6. The monoisotopic (exact) mass is 467 g/mol. The Morgan fingerprint density at radius 1 is 0.970 bits per heavy atom. The van der Waals surface area contributed by atoms with Gasteiger partial charge in [0, 0.05) is 20.0 Å². The average molecular weight is 467 g/mol. The molecule has 0 aliphatic rings. The number of urea groups is 1. The molecule has 0 saturated carbocycles. The van der Waals surface area contributed by atoms with Gasteiger partial charge in [-0.2, -0.15) is 0 Å². The Bertz CT molecular complexity index is 816. The molecule has 0 radical (unpaired) electrons. The molecule has 5 N–H and O–H groups in total. The lowest BCUT2D eigenvalue weighted by molar-refractivity contribution is -0.142. The van der Waals surface area contributed by atoms with E-state index in [1.54, 1.807) is 0 Å². The van der Waals surface area contributed by atoms with Gasteiger partial charge in [-0.25, -0.2) is 19.2 Å². The lowest BCUT2D eigenvalue weighted by Crippen LogP contribution is -2.52. The van der Waals surface area contributed by atoms with E-state index in [9.17, 15) is 29.1 Å². The minimum atomic E-state index is -1.46. The Morgan fingerprint density at radius 3 is 2.21 bits per heavy atom. The molecule has 0 aliphatic heterocycles. The van der Waals surface area contributed by atoms with Crippen LogP contribution in [0.1, 0.15) is 37.7 Å². The lowest BCUT2D eigenvalue weighted by Gasteiger charge is -2.26. The number of benzene rings is 1. The van der Waals surface area contributed by atoms with E-state index in [0.717, 1.165) is 10.5 Å². The first-order valence-corrected chi connectivity index (χ1v) is 10.3. The quantitative estimate of drug-likeness (QED) is 0.253. The molecule has 3 amide bonds. The molecule has 12 heteroatoms. The van der Waals surface area contributed by atoms with E-state index in [4.69, 9.17) is 14.9 Å². The number of aliphatic carboxylic acids is 3. The van der Waals surface area contributed by atoms with Crippen molar-refractivity contribution in [1.82, 2.24) is 15.5 Å². The second kappa shape index (κ2) is 14.3. The standard InChI is InChI=1S/C21H29N3O9/c1-24(20(31)23-15(18(27)28)10-11-17(25)26)16(19(29)30)9-5-6-12-22-21(32)33-13-14-7-3-2-4-8-14/h2-4,7-8,15-16H,5-6,9-13H2,1H3,(H,22,32)(H,23,31)(H,25,26)(H,27,28)(H,29,30). The molecule has 0 aliphatic carbocycles. The van der Waals surface area contributed by atoms with Crippen molar-refractivity contribution >= 4 is 30.0 Å². The van der Waals surface area contributed by atoms with Crippen LogP contribution in [0.5, 0.6) is 0 Å². The number of ether oxygens (including phenoxy) is 1. The molecule has 182 valence electrons. The number of carboxylic acids is 3. The van der Waals surface area contributed by atoms with E-state index >= 15 is 0 Å². The minimum absolute atomic E-state index is 0.0624. The third kappa shape index (κ3) is 10.8. The van der Waals surface area contributed by atoms with Gasteiger partial charge in [0.15, 0.2) is 0 Å². The fourth-order valence-electron chi connectivity index (χ4n) is 2.83. The second-order valence-electron chi connectivity index (χ2n) is 7.22. The molecule has 0 bridgehead atoms. The number of nitrogens with one attached hydrogen (secondary N) is 2. The van der Waals surface area contributed by atoms with Gasteiger partial charge in [-0.15, -0.1) is 0 Å². The number of rotatable bonds is 14. The second-order valence-corrected chi connectivity index (χ2v) is 7.22. The van der Waals surface area contributed by atoms with Gasteiger partial charge in [-0.05, 0) is 31.2 Å². The van der Waals surface area contributed by atoms with E-state index in [2.05, 4.69) is 10.6 Å². The zero-order valence-corrected chi connectivity index (χ0v) is 18.2. The molecule has 0 fully saturated rings. The Kier molecular flexibility index (Phi) is 11.8. The maximum absolute atomic E-state index is 12.3. The van der Waals surface area contributed by atoms with Crippen LogP contribution in [0.15, 0.2) is 30.3 Å². The molecule has 0 spiro atoms. The van der Waals surface area contributed by atoms with Crippen LogP contribution < -0.4 is 10.6 Å². The molecular weight excluding hydrogens is 438 g/mol. The molecule has 0 saturated heterocycles. The van der Waals surface area contributed by atoms with Crippen LogP contribution in [0.3, 0.4) is 0 Å². The smallest absolute Gasteiger partial charge is 0.407 e. The van der Waals surface area contributed by atoms with Gasteiger partial charge in [0.05, 0.1) is 0 Å². The fraction of sp³-hybridized carbons (Fsp3) is 0.476.